The van der Waals surface area contributed by atoms with Gasteiger partial charge in [0.25, 0.3) is 11.6 Å². The number of halogens is 1. The molecule has 8 nitrogen and oxygen atoms in total. The second kappa shape index (κ2) is 6.71. The predicted octanol–water partition coefficient (Wildman–Crippen LogP) is 3.18. The molecule has 3 rings (SSSR count). The van der Waals surface area contributed by atoms with Gasteiger partial charge in [-0.05, 0) is 43.7 Å². The van der Waals surface area contributed by atoms with Crippen molar-refractivity contribution in [2.24, 2.45) is 0 Å². The zero-order chi connectivity index (χ0) is 18.8. The minimum atomic E-state index is -0.513. The first-order chi connectivity index (χ1) is 12.4. The molecule has 0 unspecified atom stereocenters. The van der Waals surface area contributed by atoms with Crippen LogP contribution in [-0.4, -0.2) is 25.8 Å². The number of non-ortho nitro benzene ring substituents is 1. The maximum absolute atomic E-state index is 13.2. The Balaban J connectivity index is 1.90. The lowest BCUT2D eigenvalue weighted by molar-refractivity contribution is -0.384. The van der Waals surface area contributed by atoms with Crippen molar-refractivity contribution in [2.75, 3.05) is 5.32 Å². The number of nitrogens with zero attached hydrogens (tertiary/aromatic N) is 4. The lowest BCUT2D eigenvalue weighted by atomic mass is 10.2. The normalized spacial score (nSPS) is 10.6. The van der Waals surface area contributed by atoms with Crippen LogP contribution in [0.5, 0.6) is 0 Å². The fourth-order valence-corrected chi connectivity index (χ4v) is 2.47. The van der Waals surface area contributed by atoms with Gasteiger partial charge >= 0.3 is 0 Å². The molecule has 0 aliphatic rings. The summed E-state index contributed by atoms with van der Waals surface area (Å²) in [5, 5.41) is 21.3. The van der Waals surface area contributed by atoms with Crippen LogP contribution >= 0.6 is 0 Å². The van der Waals surface area contributed by atoms with Crippen molar-refractivity contribution in [3.05, 3.63) is 75.3 Å². The minimum Gasteiger partial charge on any atom is -0.320 e. The quantitative estimate of drug-likeness (QED) is 0.572. The van der Waals surface area contributed by atoms with Gasteiger partial charge in [-0.2, -0.15) is 0 Å². The molecule has 0 saturated heterocycles. The zero-order valence-corrected chi connectivity index (χ0v) is 13.9. The molecule has 9 heteroatoms. The minimum absolute atomic E-state index is 0.0697. The van der Waals surface area contributed by atoms with Crippen LogP contribution in [0, 0.1) is 29.8 Å². The largest absolute Gasteiger partial charge is 0.320 e. The van der Waals surface area contributed by atoms with Crippen molar-refractivity contribution >= 4 is 17.3 Å². The van der Waals surface area contributed by atoms with Gasteiger partial charge in [0.05, 0.1) is 16.3 Å². The second-order valence-electron chi connectivity index (χ2n) is 5.63. The van der Waals surface area contributed by atoms with Crippen molar-refractivity contribution in [3.63, 3.8) is 0 Å². The predicted molar refractivity (Wildman–Crippen MR) is 91.8 cm³/mol. The summed E-state index contributed by atoms with van der Waals surface area (Å²) in [6.07, 6.45) is 0. The lowest BCUT2D eigenvalue weighted by Crippen LogP contribution is -2.15. The molecule has 3 aromatic rings. The third-order valence-electron chi connectivity index (χ3n) is 3.83. The van der Waals surface area contributed by atoms with E-state index in [1.807, 2.05) is 0 Å². The third-order valence-corrected chi connectivity index (χ3v) is 3.83. The molecule has 0 radical (unpaired) electrons. The third kappa shape index (κ3) is 3.27. The number of amides is 1. The molecule has 132 valence electrons. The maximum Gasteiger partial charge on any atom is 0.278 e. The molecular weight excluding hydrogens is 341 g/mol. The van der Waals surface area contributed by atoms with Crippen LogP contribution in [0.3, 0.4) is 0 Å². The van der Waals surface area contributed by atoms with Gasteiger partial charge in [0.2, 0.25) is 0 Å². The van der Waals surface area contributed by atoms with Crippen LogP contribution in [0.4, 0.5) is 15.8 Å². The molecule has 0 atom stereocenters. The number of hydrogen-bond acceptors (Lipinski definition) is 5. The molecule has 1 heterocycles. The van der Waals surface area contributed by atoms with Crippen LogP contribution in [0.15, 0.2) is 42.5 Å². The Kier molecular flexibility index (Phi) is 4.44. The van der Waals surface area contributed by atoms with E-state index < -0.39 is 16.6 Å². The molecule has 0 spiro atoms. The number of hydrogen-bond donors (Lipinski definition) is 1. The highest BCUT2D eigenvalue weighted by Gasteiger charge is 2.19. The van der Waals surface area contributed by atoms with E-state index >= 15 is 0 Å². The molecular formula is C17H14FN5O3. The molecule has 1 aromatic heterocycles. The van der Waals surface area contributed by atoms with Crippen molar-refractivity contribution in [2.45, 2.75) is 13.8 Å². The molecule has 2 aromatic carbocycles. The van der Waals surface area contributed by atoms with Gasteiger partial charge in [0, 0.05) is 17.8 Å². The first-order valence-corrected chi connectivity index (χ1v) is 7.61. The number of nitrogens with one attached hydrogen (secondary N) is 1. The monoisotopic (exact) mass is 355 g/mol. The summed E-state index contributed by atoms with van der Waals surface area (Å²) in [6.45, 7) is 3.30. The summed E-state index contributed by atoms with van der Waals surface area (Å²) in [6, 6.07) is 9.87. The van der Waals surface area contributed by atoms with E-state index in [1.165, 1.54) is 41.1 Å². The van der Waals surface area contributed by atoms with E-state index in [0.29, 0.717) is 22.6 Å². The van der Waals surface area contributed by atoms with Crippen LogP contribution in [0.1, 0.15) is 21.7 Å². The fraction of sp³-hybridized carbons (Fsp3) is 0.118. The van der Waals surface area contributed by atoms with Crippen molar-refractivity contribution in [1.82, 2.24) is 15.0 Å². The van der Waals surface area contributed by atoms with E-state index in [9.17, 15) is 19.3 Å². The van der Waals surface area contributed by atoms with Gasteiger partial charge in [-0.1, -0.05) is 11.3 Å². The van der Waals surface area contributed by atoms with Gasteiger partial charge in [-0.3, -0.25) is 14.9 Å². The van der Waals surface area contributed by atoms with Gasteiger partial charge in [-0.15, -0.1) is 5.10 Å². The molecule has 0 aliphatic heterocycles. The molecule has 0 bridgehead atoms. The summed E-state index contributed by atoms with van der Waals surface area (Å²) in [7, 11) is 0. The Labute approximate surface area is 147 Å². The van der Waals surface area contributed by atoms with Gasteiger partial charge in [0.1, 0.15) is 5.82 Å². The average Bonchev–Trinajstić information content (AvgIpc) is 2.99. The molecule has 0 saturated carbocycles. The van der Waals surface area contributed by atoms with E-state index in [4.69, 9.17) is 0 Å². The summed E-state index contributed by atoms with van der Waals surface area (Å²) < 4.78 is 14.5. The van der Waals surface area contributed by atoms with E-state index in [-0.39, 0.29) is 11.4 Å². The van der Waals surface area contributed by atoms with E-state index in [1.54, 1.807) is 19.9 Å². The topological polar surface area (TPSA) is 103 Å². The number of anilines is 1. The average molecular weight is 355 g/mol. The Morgan fingerprint density at radius 2 is 2.00 bits per heavy atom. The summed E-state index contributed by atoms with van der Waals surface area (Å²) in [5.41, 5.74) is 1.84. The molecule has 0 aliphatic carbocycles. The van der Waals surface area contributed by atoms with Crippen LogP contribution in [0.2, 0.25) is 0 Å². The van der Waals surface area contributed by atoms with Crippen LogP contribution in [-0.2, 0) is 0 Å². The highest BCUT2D eigenvalue weighted by Crippen LogP contribution is 2.20. The number of nitro benzene ring substituents is 1. The maximum atomic E-state index is 13.2. The number of benzene rings is 2. The number of carbonyl (C=O) groups excluding carboxylic acids is 1. The first kappa shape index (κ1) is 17.2. The highest BCUT2D eigenvalue weighted by atomic mass is 19.1. The summed E-state index contributed by atoms with van der Waals surface area (Å²) >= 11 is 0. The SMILES string of the molecule is Cc1cc(F)ccc1NC(=O)c1nnn(-c2cccc([N+](=O)[O-])c2)c1C. The second-order valence-corrected chi connectivity index (χ2v) is 5.63. The fourth-order valence-electron chi connectivity index (χ4n) is 2.47. The smallest absolute Gasteiger partial charge is 0.278 e. The summed E-state index contributed by atoms with van der Waals surface area (Å²) in [4.78, 5) is 22.9. The Morgan fingerprint density at radius 1 is 1.23 bits per heavy atom. The summed E-state index contributed by atoms with van der Waals surface area (Å²) in [5.74, 6) is -0.901. The number of rotatable bonds is 4. The first-order valence-electron chi connectivity index (χ1n) is 7.61. The zero-order valence-electron chi connectivity index (χ0n) is 13.9. The van der Waals surface area contributed by atoms with Crippen LogP contribution in [0.25, 0.3) is 5.69 Å². The Morgan fingerprint density at radius 3 is 2.69 bits per heavy atom. The molecule has 0 fully saturated rings. The molecule has 1 N–H and O–H groups in total. The Bertz CT molecular complexity index is 1020. The van der Waals surface area contributed by atoms with Gasteiger partial charge in [-0.25, -0.2) is 9.07 Å². The number of nitro groups is 1. The van der Waals surface area contributed by atoms with Crippen LogP contribution < -0.4 is 5.32 Å². The number of carbonyl (C=O) groups is 1. The highest BCUT2D eigenvalue weighted by molar-refractivity contribution is 6.04. The lowest BCUT2D eigenvalue weighted by Gasteiger charge is -2.07. The Hall–Kier alpha value is -3.62. The van der Waals surface area contributed by atoms with Crippen molar-refractivity contribution in [1.29, 1.82) is 0 Å². The van der Waals surface area contributed by atoms with Gasteiger partial charge < -0.3 is 5.32 Å². The van der Waals surface area contributed by atoms with Gasteiger partial charge in [0.15, 0.2) is 5.69 Å². The van der Waals surface area contributed by atoms with E-state index in [0.717, 1.165) is 0 Å². The van der Waals surface area contributed by atoms with Crippen molar-refractivity contribution in [3.8, 4) is 5.69 Å². The van der Waals surface area contributed by atoms with Crippen molar-refractivity contribution < 1.29 is 14.1 Å². The standard InChI is InChI=1S/C17H14FN5O3/c1-10-8-12(18)6-7-15(10)19-17(24)16-11(2)22(21-20-16)13-4-3-5-14(9-13)23(25)26/h3-9H,1-2H3,(H,19,24). The number of aryl methyl sites for hydroxylation is 1. The number of aromatic nitrogens is 3. The van der Waals surface area contributed by atoms with E-state index in [2.05, 4.69) is 15.6 Å². The molecule has 26 heavy (non-hydrogen) atoms. The molecule has 1 amide bonds.